The third-order valence-corrected chi connectivity index (χ3v) is 1.51. The van der Waals surface area contributed by atoms with E-state index < -0.39 is 6.36 Å². The summed E-state index contributed by atoms with van der Waals surface area (Å²) < 4.78 is 38.6. The Labute approximate surface area is 68.5 Å². The summed E-state index contributed by atoms with van der Waals surface area (Å²) in [6.07, 6.45) is 0.513. The first-order valence-corrected chi connectivity index (χ1v) is 3.61. The maximum atomic E-state index is 11.6. The van der Waals surface area contributed by atoms with Gasteiger partial charge in [0.05, 0.1) is 0 Å². The molecule has 1 aliphatic carbocycles. The Balaban J connectivity index is 2.51. The van der Waals surface area contributed by atoms with Gasteiger partial charge in [0.25, 0.3) is 0 Å². The van der Waals surface area contributed by atoms with E-state index in [4.69, 9.17) is 0 Å². The Hall–Kier alpha value is -0.930. The summed E-state index contributed by atoms with van der Waals surface area (Å²) in [6.45, 7) is 1.93. The molecule has 0 amide bonds. The van der Waals surface area contributed by atoms with Crippen molar-refractivity contribution in [3.63, 3.8) is 0 Å². The highest BCUT2D eigenvalue weighted by atomic mass is 19.4. The van der Waals surface area contributed by atoms with Crippen LogP contribution < -0.4 is 0 Å². The van der Waals surface area contributed by atoms with Gasteiger partial charge in [-0.15, -0.1) is 13.2 Å². The molecule has 0 heterocycles. The molecule has 0 N–H and O–H groups in total. The van der Waals surface area contributed by atoms with Gasteiger partial charge >= 0.3 is 6.36 Å². The van der Waals surface area contributed by atoms with Crippen LogP contribution in [0.3, 0.4) is 0 Å². The smallest absolute Gasteiger partial charge is 0.406 e. The Morgan fingerprint density at radius 2 is 2.17 bits per heavy atom. The van der Waals surface area contributed by atoms with Crippen molar-refractivity contribution in [2.24, 2.45) is 5.92 Å². The van der Waals surface area contributed by atoms with Gasteiger partial charge in [-0.1, -0.05) is 13.0 Å². The molecular formula is C8H9F3O. The SMILES string of the molecule is C[C@H]1C=CC(OC(F)(F)F)=CC1. The van der Waals surface area contributed by atoms with Crippen molar-refractivity contribution in [1.82, 2.24) is 0 Å². The molecule has 0 aromatic heterocycles. The lowest BCUT2D eigenvalue weighted by Crippen LogP contribution is -2.13. The molecule has 0 unspecified atom stereocenters. The van der Waals surface area contributed by atoms with E-state index in [-0.39, 0.29) is 5.76 Å². The highest BCUT2D eigenvalue weighted by molar-refractivity contribution is 5.17. The molecule has 1 aliphatic rings. The zero-order valence-electron chi connectivity index (χ0n) is 6.56. The van der Waals surface area contributed by atoms with Crippen LogP contribution in [0.25, 0.3) is 0 Å². The second-order valence-corrected chi connectivity index (χ2v) is 2.73. The van der Waals surface area contributed by atoms with Gasteiger partial charge < -0.3 is 4.74 Å². The molecule has 0 bridgehead atoms. The maximum absolute atomic E-state index is 11.6. The van der Waals surface area contributed by atoms with Crippen LogP contribution in [0.15, 0.2) is 24.0 Å². The molecule has 0 fully saturated rings. The summed E-state index contributed by atoms with van der Waals surface area (Å²) in [5, 5.41) is 0. The molecule has 4 heteroatoms. The number of alkyl halides is 3. The van der Waals surface area contributed by atoms with E-state index in [1.54, 1.807) is 6.08 Å². The van der Waals surface area contributed by atoms with Crippen LogP contribution in [0, 0.1) is 5.92 Å². The first kappa shape index (κ1) is 9.16. The van der Waals surface area contributed by atoms with Crippen molar-refractivity contribution in [3.8, 4) is 0 Å². The summed E-state index contributed by atoms with van der Waals surface area (Å²) in [4.78, 5) is 0. The zero-order valence-corrected chi connectivity index (χ0v) is 6.56. The largest absolute Gasteiger partial charge is 0.573 e. The molecule has 1 rings (SSSR count). The van der Waals surface area contributed by atoms with Crippen LogP contribution in [0.2, 0.25) is 0 Å². The summed E-state index contributed by atoms with van der Waals surface area (Å²) in [5.74, 6) is 0.186. The maximum Gasteiger partial charge on any atom is 0.573 e. The first-order chi connectivity index (χ1) is 5.47. The number of ether oxygens (including phenoxy) is 1. The molecule has 1 atom stereocenters. The minimum atomic E-state index is -4.57. The van der Waals surface area contributed by atoms with Crippen molar-refractivity contribution in [3.05, 3.63) is 24.0 Å². The minimum Gasteiger partial charge on any atom is -0.406 e. The van der Waals surface area contributed by atoms with Crippen molar-refractivity contribution in [2.75, 3.05) is 0 Å². The molecule has 0 spiro atoms. The quantitative estimate of drug-likeness (QED) is 0.599. The van der Waals surface area contributed by atoms with E-state index in [0.29, 0.717) is 12.3 Å². The van der Waals surface area contributed by atoms with Crippen molar-refractivity contribution in [2.45, 2.75) is 19.7 Å². The highest BCUT2D eigenvalue weighted by Crippen LogP contribution is 2.24. The highest BCUT2D eigenvalue weighted by Gasteiger charge is 2.31. The van der Waals surface area contributed by atoms with Crippen molar-refractivity contribution in [1.29, 1.82) is 0 Å². The molecule has 0 aromatic carbocycles. The number of hydrogen-bond acceptors (Lipinski definition) is 1. The van der Waals surface area contributed by atoms with E-state index in [9.17, 15) is 13.2 Å². The van der Waals surface area contributed by atoms with Crippen molar-refractivity contribution >= 4 is 0 Å². The summed E-state index contributed by atoms with van der Waals surface area (Å²) in [6, 6.07) is 0. The molecule has 0 aromatic rings. The standard InChI is InChI=1S/C8H9F3O/c1-6-2-4-7(5-3-6)12-8(9,10)11/h2,4-6H,3H2,1H3/t6-/m0/s1. The zero-order chi connectivity index (χ0) is 9.19. The van der Waals surface area contributed by atoms with Gasteiger partial charge in [0.1, 0.15) is 5.76 Å². The second-order valence-electron chi connectivity index (χ2n) is 2.73. The van der Waals surface area contributed by atoms with E-state index in [2.05, 4.69) is 4.74 Å². The Morgan fingerprint density at radius 1 is 1.50 bits per heavy atom. The Morgan fingerprint density at radius 3 is 2.58 bits per heavy atom. The predicted molar refractivity (Wildman–Crippen MR) is 38.1 cm³/mol. The number of hydrogen-bond donors (Lipinski definition) is 0. The molecular weight excluding hydrogens is 169 g/mol. The van der Waals surface area contributed by atoms with E-state index in [1.165, 1.54) is 12.2 Å². The molecule has 68 valence electrons. The van der Waals surface area contributed by atoms with Gasteiger partial charge in [-0.2, -0.15) is 0 Å². The van der Waals surface area contributed by atoms with Gasteiger partial charge in [0.2, 0.25) is 0 Å². The third-order valence-electron chi connectivity index (χ3n) is 1.51. The summed E-state index contributed by atoms with van der Waals surface area (Å²) in [7, 11) is 0. The van der Waals surface area contributed by atoms with Crippen LogP contribution in [0.5, 0.6) is 0 Å². The fourth-order valence-electron chi connectivity index (χ4n) is 0.917. The van der Waals surface area contributed by atoms with E-state index in [1.807, 2.05) is 6.92 Å². The van der Waals surface area contributed by atoms with Crippen LogP contribution in [0.4, 0.5) is 13.2 Å². The average Bonchev–Trinajstić information content (AvgIpc) is 1.91. The van der Waals surface area contributed by atoms with Crippen molar-refractivity contribution < 1.29 is 17.9 Å². The summed E-state index contributed by atoms with van der Waals surface area (Å²) in [5.41, 5.74) is 0. The lowest BCUT2D eigenvalue weighted by molar-refractivity contribution is -0.303. The fraction of sp³-hybridized carbons (Fsp3) is 0.500. The molecule has 1 nitrogen and oxygen atoms in total. The van der Waals surface area contributed by atoms with Crippen LogP contribution in [-0.2, 0) is 4.74 Å². The first-order valence-electron chi connectivity index (χ1n) is 3.61. The van der Waals surface area contributed by atoms with Gasteiger partial charge in [-0.3, -0.25) is 0 Å². The average molecular weight is 178 g/mol. The summed E-state index contributed by atoms with van der Waals surface area (Å²) >= 11 is 0. The molecule has 0 radical (unpaired) electrons. The molecule has 0 aliphatic heterocycles. The van der Waals surface area contributed by atoms with Gasteiger partial charge in [0, 0.05) is 0 Å². The van der Waals surface area contributed by atoms with Crippen LogP contribution in [-0.4, -0.2) is 6.36 Å². The molecule has 0 saturated heterocycles. The van der Waals surface area contributed by atoms with E-state index >= 15 is 0 Å². The third kappa shape index (κ3) is 2.98. The Kier molecular flexibility index (Phi) is 2.45. The minimum absolute atomic E-state index is 0.111. The van der Waals surface area contributed by atoms with Gasteiger partial charge in [-0.05, 0) is 24.5 Å². The monoisotopic (exact) mass is 178 g/mol. The topological polar surface area (TPSA) is 9.23 Å². The molecule has 12 heavy (non-hydrogen) atoms. The van der Waals surface area contributed by atoms with E-state index in [0.717, 1.165) is 0 Å². The number of allylic oxidation sites excluding steroid dienone is 3. The number of rotatable bonds is 1. The molecule has 0 saturated carbocycles. The Bertz CT molecular complexity index is 215. The van der Waals surface area contributed by atoms with Crippen LogP contribution >= 0.6 is 0 Å². The lowest BCUT2D eigenvalue weighted by Gasteiger charge is -2.14. The fourth-order valence-corrected chi connectivity index (χ4v) is 0.917. The van der Waals surface area contributed by atoms with Gasteiger partial charge in [0.15, 0.2) is 0 Å². The second kappa shape index (κ2) is 3.21. The number of halogens is 3. The van der Waals surface area contributed by atoms with Crippen LogP contribution in [0.1, 0.15) is 13.3 Å². The lowest BCUT2D eigenvalue weighted by atomic mass is 10.0. The predicted octanol–water partition coefficient (Wildman–Crippen LogP) is 3.00. The normalized spacial score (nSPS) is 23.7. The van der Waals surface area contributed by atoms with Gasteiger partial charge in [-0.25, -0.2) is 0 Å².